The molecular weight excluding hydrogens is 320 g/mol. The molecule has 5 atom stereocenters. The molecule has 0 amide bonds. The summed E-state index contributed by atoms with van der Waals surface area (Å²) in [7, 11) is 0. The lowest BCUT2D eigenvalue weighted by molar-refractivity contribution is -0.120. The SMILES string of the molecule is CC1C2CC(c3ccc4cc5ccc(OC=O)cc5cc4c3)C(C2)C1C. The Kier molecular flexibility index (Phi) is 3.56. The van der Waals surface area contributed by atoms with E-state index in [1.807, 2.05) is 18.2 Å². The fourth-order valence-electron chi connectivity index (χ4n) is 5.68. The molecule has 2 nitrogen and oxygen atoms in total. The van der Waals surface area contributed by atoms with Crippen molar-refractivity contribution in [2.45, 2.75) is 32.6 Å². The molecule has 3 aromatic rings. The van der Waals surface area contributed by atoms with Gasteiger partial charge in [-0.3, -0.25) is 4.79 Å². The standard InChI is InChI=1S/C24H24O2/c1-14-15(2)23-11-19(14)12-24(23)18-4-3-16-7-17-5-6-22(26-13-25)10-21(17)9-20(16)8-18/h3-10,13-15,19,23-24H,11-12H2,1-2H3. The van der Waals surface area contributed by atoms with Crippen LogP contribution in [0.25, 0.3) is 21.5 Å². The Morgan fingerprint density at radius 2 is 1.58 bits per heavy atom. The van der Waals surface area contributed by atoms with Gasteiger partial charge in [-0.15, -0.1) is 0 Å². The van der Waals surface area contributed by atoms with Crippen molar-refractivity contribution in [2.75, 3.05) is 0 Å². The van der Waals surface area contributed by atoms with Gasteiger partial charge in [0.1, 0.15) is 5.75 Å². The highest BCUT2D eigenvalue weighted by Crippen LogP contribution is 2.58. The van der Waals surface area contributed by atoms with Gasteiger partial charge in [-0.05, 0) is 93.8 Å². The van der Waals surface area contributed by atoms with E-state index in [2.05, 4.69) is 44.2 Å². The molecule has 5 unspecified atom stereocenters. The third-order valence-corrected chi connectivity index (χ3v) is 7.30. The van der Waals surface area contributed by atoms with Crippen LogP contribution in [0.1, 0.15) is 38.2 Å². The van der Waals surface area contributed by atoms with Crippen molar-refractivity contribution in [3.63, 3.8) is 0 Å². The largest absolute Gasteiger partial charge is 0.429 e. The average molecular weight is 344 g/mol. The van der Waals surface area contributed by atoms with E-state index in [1.54, 1.807) is 0 Å². The summed E-state index contributed by atoms with van der Waals surface area (Å²) in [6.07, 6.45) is 2.77. The van der Waals surface area contributed by atoms with E-state index in [0.29, 0.717) is 12.2 Å². The average Bonchev–Trinajstić information content (AvgIpc) is 3.20. The van der Waals surface area contributed by atoms with Crippen molar-refractivity contribution in [2.24, 2.45) is 23.7 Å². The number of ether oxygens (including phenoxy) is 1. The molecule has 2 heteroatoms. The molecule has 2 aliphatic rings. The molecule has 3 aromatic carbocycles. The first-order valence-electron chi connectivity index (χ1n) is 9.72. The van der Waals surface area contributed by atoms with Gasteiger partial charge in [0.15, 0.2) is 0 Å². The van der Waals surface area contributed by atoms with Crippen LogP contribution in [-0.2, 0) is 4.79 Å². The van der Waals surface area contributed by atoms with E-state index in [9.17, 15) is 4.79 Å². The van der Waals surface area contributed by atoms with Gasteiger partial charge in [-0.2, -0.15) is 0 Å². The number of fused-ring (bicyclic) bond motifs is 4. The lowest BCUT2D eigenvalue weighted by atomic mass is 9.73. The summed E-state index contributed by atoms with van der Waals surface area (Å²) in [6.45, 7) is 5.37. The maximum atomic E-state index is 10.6. The highest BCUT2D eigenvalue weighted by atomic mass is 16.5. The van der Waals surface area contributed by atoms with Crippen LogP contribution in [0, 0.1) is 23.7 Å². The van der Waals surface area contributed by atoms with Crippen molar-refractivity contribution in [3.05, 3.63) is 54.1 Å². The van der Waals surface area contributed by atoms with Gasteiger partial charge in [0, 0.05) is 0 Å². The molecular formula is C24H24O2. The molecule has 2 bridgehead atoms. The molecule has 2 saturated carbocycles. The molecule has 2 fully saturated rings. The number of hydrogen-bond donors (Lipinski definition) is 0. The van der Waals surface area contributed by atoms with Crippen LogP contribution in [0.4, 0.5) is 0 Å². The van der Waals surface area contributed by atoms with Gasteiger partial charge in [0.2, 0.25) is 0 Å². The summed E-state index contributed by atoms with van der Waals surface area (Å²) in [4.78, 5) is 10.6. The highest BCUT2D eigenvalue weighted by molar-refractivity contribution is 5.99. The van der Waals surface area contributed by atoms with E-state index in [0.717, 1.165) is 35.0 Å². The van der Waals surface area contributed by atoms with E-state index in [4.69, 9.17) is 4.74 Å². The number of rotatable bonds is 3. The molecule has 0 spiro atoms. The Hall–Kier alpha value is -2.35. The molecule has 26 heavy (non-hydrogen) atoms. The molecule has 132 valence electrons. The Bertz CT molecular complexity index is 1000. The lowest BCUT2D eigenvalue weighted by Crippen LogP contribution is -2.23. The predicted molar refractivity (Wildman–Crippen MR) is 105 cm³/mol. The van der Waals surface area contributed by atoms with Crippen molar-refractivity contribution < 1.29 is 9.53 Å². The lowest BCUT2D eigenvalue weighted by Gasteiger charge is -2.32. The number of carbonyl (C=O) groups is 1. The van der Waals surface area contributed by atoms with Crippen LogP contribution in [0.2, 0.25) is 0 Å². The van der Waals surface area contributed by atoms with Gasteiger partial charge in [-0.1, -0.05) is 38.1 Å². The van der Waals surface area contributed by atoms with Gasteiger partial charge in [-0.25, -0.2) is 0 Å². The van der Waals surface area contributed by atoms with Crippen molar-refractivity contribution >= 4 is 28.0 Å². The summed E-state index contributed by atoms with van der Waals surface area (Å²) >= 11 is 0. The first-order chi connectivity index (χ1) is 12.6. The summed E-state index contributed by atoms with van der Waals surface area (Å²) in [5, 5.41) is 4.84. The Morgan fingerprint density at radius 1 is 0.846 bits per heavy atom. The van der Waals surface area contributed by atoms with E-state index in [1.165, 1.54) is 34.6 Å². The van der Waals surface area contributed by atoms with Crippen molar-refractivity contribution in [3.8, 4) is 5.75 Å². The summed E-state index contributed by atoms with van der Waals surface area (Å²) in [5.41, 5.74) is 1.50. The number of hydrogen-bond acceptors (Lipinski definition) is 2. The normalized spacial score (nSPS) is 30.2. The van der Waals surface area contributed by atoms with Gasteiger partial charge < -0.3 is 4.74 Å². The summed E-state index contributed by atoms with van der Waals surface area (Å²) in [5.74, 6) is 4.80. The second-order valence-corrected chi connectivity index (χ2v) is 8.40. The van der Waals surface area contributed by atoms with Crippen LogP contribution in [0.3, 0.4) is 0 Å². The minimum atomic E-state index is 0.484. The quantitative estimate of drug-likeness (QED) is 0.435. The Labute approximate surface area is 154 Å². The second-order valence-electron chi connectivity index (χ2n) is 8.40. The Morgan fingerprint density at radius 3 is 2.31 bits per heavy atom. The van der Waals surface area contributed by atoms with Crippen LogP contribution in [-0.4, -0.2) is 6.47 Å². The third-order valence-electron chi connectivity index (χ3n) is 7.30. The Balaban J connectivity index is 1.56. The molecule has 5 rings (SSSR count). The molecule has 0 aromatic heterocycles. The number of carbonyl (C=O) groups excluding carboxylic acids is 1. The molecule has 0 aliphatic heterocycles. The zero-order valence-electron chi connectivity index (χ0n) is 15.3. The fraction of sp³-hybridized carbons (Fsp3) is 0.375. The smallest absolute Gasteiger partial charge is 0.298 e. The van der Waals surface area contributed by atoms with Crippen LogP contribution < -0.4 is 4.74 Å². The van der Waals surface area contributed by atoms with Crippen molar-refractivity contribution in [1.29, 1.82) is 0 Å². The van der Waals surface area contributed by atoms with Crippen LogP contribution in [0.15, 0.2) is 48.5 Å². The fourth-order valence-corrected chi connectivity index (χ4v) is 5.68. The van der Waals surface area contributed by atoms with Gasteiger partial charge >= 0.3 is 0 Å². The zero-order valence-corrected chi connectivity index (χ0v) is 15.3. The van der Waals surface area contributed by atoms with E-state index in [-0.39, 0.29) is 0 Å². The first-order valence-corrected chi connectivity index (χ1v) is 9.72. The highest BCUT2D eigenvalue weighted by Gasteiger charge is 2.48. The second kappa shape index (κ2) is 5.84. The molecule has 2 aliphatic carbocycles. The molecule has 0 N–H and O–H groups in total. The van der Waals surface area contributed by atoms with Crippen LogP contribution in [0.5, 0.6) is 5.75 Å². The molecule has 0 saturated heterocycles. The van der Waals surface area contributed by atoms with E-state index < -0.39 is 0 Å². The third kappa shape index (κ3) is 2.35. The molecule has 0 heterocycles. The zero-order chi connectivity index (χ0) is 17.8. The summed E-state index contributed by atoms with van der Waals surface area (Å²) < 4.78 is 5.01. The topological polar surface area (TPSA) is 26.3 Å². The molecule has 0 radical (unpaired) electrons. The van der Waals surface area contributed by atoms with Crippen molar-refractivity contribution in [1.82, 2.24) is 0 Å². The van der Waals surface area contributed by atoms with Crippen LogP contribution >= 0.6 is 0 Å². The van der Waals surface area contributed by atoms with Gasteiger partial charge in [0.05, 0.1) is 0 Å². The minimum absolute atomic E-state index is 0.484. The van der Waals surface area contributed by atoms with E-state index >= 15 is 0 Å². The minimum Gasteiger partial charge on any atom is -0.429 e. The monoisotopic (exact) mass is 344 g/mol. The maximum Gasteiger partial charge on any atom is 0.298 e. The number of benzene rings is 3. The summed E-state index contributed by atoms with van der Waals surface area (Å²) in [6, 6.07) is 17.3. The van der Waals surface area contributed by atoms with Gasteiger partial charge in [0.25, 0.3) is 6.47 Å². The predicted octanol–water partition coefficient (Wildman–Crippen LogP) is 5.92. The maximum absolute atomic E-state index is 10.6. The first kappa shape index (κ1) is 15.9.